The summed E-state index contributed by atoms with van der Waals surface area (Å²) in [7, 11) is 0. The first-order valence-electron chi connectivity index (χ1n) is 6.04. The van der Waals surface area contributed by atoms with Crippen LogP contribution in [0.15, 0.2) is 12.3 Å². The number of hydrogen-bond donors (Lipinski definition) is 0. The normalized spacial score (nSPS) is 12.2. The third kappa shape index (κ3) is 3.09. The first kappa shape index (κ1) is 14.2. The Bertz CT molecular complexity index is 439. The predicted molar refractivity (Wildman–Crippen MR) is 66.7 cm³/mol. The van der Waals surface area contributed by atoms with Crippen LogP contribution in [-0.2, 0) is 4.74 Å². The molecule has 1 aromatic heterocycles. The number of carbonyl (C=O) groups is 1. The molecule has 1 unspecified atom stereocenters. The maximum atomic E-state index is 11.7. The molecule has 1 aromatic rings. The highest BCUT2D eigenvalue weighted by atomic mass is 16.6. The summed E-state index contributed by atoms with van der Waals surface area (Å²) < 4.78 is 6.53. The molecule has 0 saturated carbocycles. The average Bonchev–Trinajstić information content (AvgIpc) is 2.74. The Labute approximate surface area is 106 Å². The molecule has 0 aliphatic carbocycles. The summed E-state index contributed by atoms with van der Waals surface area (Å²) >= 11 is 0. The third-order valence-electron chi connectivity index (χ3n) is 2.71. The maximum Gasteiger partial charge on any atom is 0.355 e. The Hall–Kier alpha value is -1.85. The average molecular weight is 254 g/mol. The van der Waals surface area contributed by atoms with Crippen LogP contribution in [0.4, 0.5) is 5.69 Å². The van der Waals surface area contributed by atoms with E-state index in [-0.39, 0.29) is 24.0 Å². The molecule has 6 nitrogen and oxygen atoms in total. The molecule has 6 heteroatoms. The highest BCUT2D eigenvalue weighted by Crippen LogP contribution is 2.24. The number of nitro groups is 1. The minimum Gasteiger partial charge on any atom is -0.461 e. The minimum atomic E-state index is -0.520. The Morgan fingerprint density at radius 3 is 2.72 bits per heavy atom. The lowest BCUT2D eigenvalue weighted by Crippen LogP contribution is -2.14. The van der Waals surface area contributed by atoms with Crippen molar-refractivity contribution in [1.82, 2.24) is 4.57 Å². The van der Waals surface area contributed by atoms with Gasteiger partial charge in [-0.2, -0.15) is 0 Å². The maximum absolute atomic E-state index is 11.7. The summed E-state index contributed by atoms with van der Waals surface area (Å²) in [5.41, 5.74) is 0.158. The van der Waals surface area contributed by atoms with Crippen molar-refractivity contribution in [3.8, 4) is 0 Å². The Morgan fingerprint density at radius 2 is 2.22 bits per heavy atom. The van der Waals surface area contributed by atoms with Gasteiger partial charge >= 0.3 is 5.97 Å². The van der Waals surface area contributed by atoms with Gasteiger partial charge in [0.05, 0.1) is 17.7 Å². The van der Waals surface area contributed by atoms with Crippen LogP contribution >= 0.6 is 0 Å². The number of carbonyl (C=O) groups excluding carboxylic acids is 1. The molecule has 1 heterocycles. The standard InChI is InChI=1S/C12H18N2O4/c1-4-6-9(3)13-8-10(14(16)17)7-11(13)12(15)18-5-2/h7-9H,4-6H2,1-3H3. The summed E-state index contributed by atoms with van der Waals surface area (Å²) in [6.45, 7) is 5.91. The smallest absolute Gasteiger partial charge is 0.355 e. The van der Waals surface area contributed by atoms with Crippen molar-refractivity contribution in [1.29, 1.82) is 0 Å². The Morgan fingerprint density at radius 1 is 1.56 bits per heavy atom. The molecule has 0 N–H and O–H groups in total. The molecule has 0 radical (unpaired) electrons. The molecule has 1 rings (SSSR count). The van der Waals surface area contributed by atoms with E-state index in [2.05, 4.69) is 0 Å². The van der Waals surface area contributed by atoms with Crippen molar-refractivity contribution in [3.05, 3.63) is 28.1 Å². The Kier molecular flexibility index (Phi) is 4.88. The quantitative estimate of drug-likeness (QED) is 0.444. The molecule has 1 atom stereocenters. The first-order valence-corrected chi connectivity index (χ1v) is 6.04. The van der Waals surface area contributed by atoms with Gasteiger partial charge in [0.15, 0.2) is 0 Å². The van der Waals surface area contributed by atoms with Gasteiger partial charge < -0.3 is 9.30 Å². The molecule has 0 spiro atoms. The van der Waals surface area contributed by atoms with Crippen LogP contribution in [0.1, 0.15) is 50.1 Å². The molecule has 0 bridgehead atoms. The summed E-state index contributed by atoms with van der Waals surface area (Å²) in [6.07, 6.45) is 3.18. The monoisotopic (exact) mass is 254 g/mol. The zero-order valence-electron chi connectivity index (χ0n) is 10.9. The van der Waals surface area contributed by atoms with E-state index in [1.165, 1.54) is 12.3 Å². The SMILES string of the molecule is CCCC(C)n1cc([N+](=O)[O-])cc1C(=O)OCC. The molecule has 0 saturated heterocycles. The minimum absolute atomic E-state index is 0.0307. The van der Waals surface area contributed by atoms with E-state index in [9.17, 15) is 14.9 Å². The number of esters is 1. The lowest BCUT2D eigenvalue weighted by atomic mass is 10.2. The van der Waals surface area contributed by atoms with E-state index >= 15 is 0 Å². The van der Waals surface area contributed by atoms with Gasteiger partial charge in [0, 0.05) is 12.1 Å². The second kappa shape index (κ2) is 6.18. The third-order valence-corrected chi connectivity index (χ3v) is 2.71. The van der Waals surface area contributed by atoms with Crippen LogP contribution in [0, 0.1) is 10.1 Å². The number of nitrogens with zero attached hydrogens (tertiary/aromatic N) is 2. The molecule has 0 aliphatic heterocycles. The van der Waals surface area contributed by atoms with Crippen LogP contribution in [0.25, 0.3) is 0 Å². The highest BCUT2D eigenvalue weighted by Gasteiger charge is 2.22. The fourth-order valence-electron chi connectivity index (χ4n) is 1.85. The zero-order valence-corrected chi connectivity index (χ0v) is 10.9. The van der Waals surface area contributed by atoms with Crippen LogP contribution in [-0.4, -0.2) is 22.1 Å². The largest absolute Gasteiger partial charge is 0.461 e. The Balaban J connectivity index is 3.12. The van der Waals surface area contributed by atoms with Crippen molar-refractivity contribution in [3.63, 3.8) is 0 Å². The van der Waals surface area contributed by atoms with E-state index in [4.69, 9.17) is 4.74 Å². The van der Waals surface area contributed by atoms with E-state index < -0.39 is 10.9 Å². The predicted octanol–water partition coefficient (Wildman–Crippen LogP) is 2.93. The van der Waals surface area contributed by atoms with Crippen LogP contribution < -0.4 is 0 Å². The second-order valence-electron chi connectivity index (χ2n) is 4.11. The van der Waals surface area contributed by atoms with Gasteiger partial charge in [0.25, 0.3) is 5.69 Å². The zero-order chi connectivity index (χ0) is 13.7. The lowest BCUT2D eigenvalue weighted by Gasteiger charge is -2.15. The van der Waals surface area contributed by atoms with Crippen molar-refractivity contribution >= 4 is 11.7 Å². The van der Waals surface area contributed by atoms with Crippen molar-refractivity contribution in [2.24, 2.45) is 0 Å². The van der Waals surface area contributed by atoms with Gasteiger partial charge in [-0.1, -0.05) is 13.3 Å². The van der Waals surface area contributed by atoms with Crippen molar-refractivity contribution in [2.75, 3.05) is 6.61 Å². The van der Waals surface area contributed by atoms with E-state index in [1.807, 2.05) is 13.8 Å². The summed E-state index contributed by atoms with van der Waals surface area (Å²) in [4.78, 5) is 22.0. The second-order valence-corrected chi connectivity index (χ2v) is 4.11. The first-order chi connectivity index (χ1) is 8.51. The van der Waals surface area contributed by atoms with E-state index in [1.54, 1.807) is 11.5 Å². The van der Waals surface area contributed by atoms with Crippen molar-refractivity contribution in [2.45, 2.75) is 39.7 Å². The summed E-state index contributed by atoms with van der Waals surface area (Å²) in [6, 6.07) is 1.30. The van der Waals surface area contributed by atoms with Crippen LogP contribution in [0.2, 0.25) is 0 Å². The van der Waals surface area contributed by atoms with E-state index in [0.717, 1.165) is 12.8 Å². The van der Waals surface area contributed by atoms with Crippen LogP contribution in [0.3, 0.4) is 0 Å². The molecule has 0 aromatic carbocycles. The van der Waals surface area contributed by atoms with Crippen LogP contribution in [0.5, 0.6) is 0 Å². The fraction of sp³-hybridized carbons (Fsp3) is 0.583. The van der Waals surface area contributed by atoms with Crippen molar-refractivity contribution < 1.29 is 14.5 Å². The molecule has 0 aliphatic rings. The topological polar surface area (TPSA) is 74.4 Å². The fourth-order valence-corrected chi connectivity index (χ4v) is 1.85. The number of ether oxygens (including phenoxy) is 1. The number of aromatic nitrogens is 1. The molecular formula is C12H18N2O4. The molecule has 100 valence electrons. The summed E-state index contributed by atoms with van der Waals surface area (Å²) in [5.74, 6) is -0.520. The van der Waals surface area contributed by atoms with Gasteiger partial charge in [-0.05, 0) is 20.3 Å². The highest BCUT2D eigenvalue weighted by molar-refractivity contribution is 5.88. The molecule has 18 heavy (non-hydrogen) atoms. The molecule has 0 fully saturated rings. The number of rotatable bonds is 6. The van der Waals surface area contributed by atoms with Gasteiger partial charge in [0.2, 0.25) is 0 Å². The molecular weight excluding hydrogens is 236 g/mol. The van der Waals surface area contributed by atoms with E-state index in [0.29, 0.717) is 0 Å². The lowest BCUT2D eigenvalue weighted by molar-refractivity contribution is -0.384. The number of hydrogen-bond acceptors (Lipinski definition) is 4. The van der Waals surface area contributed by atoms with Gasteiger partial charge in [0.1, 0.15) is 5.69 Å². The molecule has 0 amide bonds. The van der Waals surface area contributed by atoms with Gasteiger partial charge in [-0.15, -0.1) is 0 Å². The van der Waals surface area contributed by atoms with Gasteiger partial charge in [-0.25, -0.2) is 4.79 Å². The van der Waals surface area contributed by atoms with Gasteiger partial charge in [-0.3, -0.25) is 10.1 Å². The summed E-state index contributed by atoms with van der Waals surface area (Å²) in [5, 5.41) is 10.8.